The fourth-order valence-corrected chi connectivity index (χ4v) is 3.60. The van der Waals surface area contributed by atoms with E-state index < -0.39 is 0 Å². The molecule has 0 aliphatic heterocycles. The molecule has 3 rings (SSSR count). The molecule has 152 valence electrons. The average molecular weight is 391 g/mol. The lowest BCUT2D eigenvalue weighted by atomic mass is 10.0. The first kappa shape index (κ1) is 20.8. The van der Waals surface area contributed by atoms with Crippen molar-refractivity contribution >= 4 is 5.91 Å². The van der Waals surface area contributed by atoms with Gasteiger partial charge in [-0.05, 0) is 44.6 Å². The Balaban J connectivity index is 1.97. The Bertz CT molecular complexity index is 952. The number of hydrogen-bond acceptors (Lipinski definition) is 3. The van der Waals surface area contributed by atoms with E-state index in [1.165, 1.54) is 0 Å². The van der Waals surface area contributed by atoms with Crippen molar-refractivity contribution in [2.75, 3.05) is 20.6 Å². The van der Waals surface area contributed by atoms with E-state index in [0.29, 0.717) is 23.7 Å². The molecule has 0 fully saturated rings. The molecule has 3 aromatic rings. The number of carbonyl (C=O) groups is 1. The summed E-state index contributed by atoms with van der Waals surface area (Å²) in [5, 5.41) is 7.90. The van der Waals surface area contributed by atoms with E-state index in [1.807, 2.05) is 81.8 Å². The second kappa shape index (κ2) is 9.05. The Hall–Kier alpha value is -2.92. The van der Waals surface area contributed by atoms with Crippen molar-refractivity contribution < 1.29 is 4.79 Å². The average Bonchev–Trinajstić information content (AvgIpc) is 3.14. The smallest absolute Gasteiger partial charge is 0.255 e. The number of aromatic nitrogens is 2. The van der Waals surface area contributed by atoms with Crippen molar-refractivity contribution in [2.45, 2.75) is 26.8 Å². The van der Waals surface area contributed by atoms with Gasteiger partial charge < -0.3 is 10.2 Å². The summed E-state index contributed by atoms with van der Waals surface area (Å²) in [6.45, 7) is 6.97. The van der Waals surface area contributed by atoms with Gasteiger partial charge in [-0.15, -0.1) is 0 Å². The molecule has 5 heteroatoms. The molecule has 0 saturated carbocycles. The van der Waals surface area contributed by atoms with E-state index in [2.05, 4.69) is 24.1 Å². The highest BCUT2D eigenvalue weighted by atomic mass is 16.1. The third-order valence-electron chi connectivity index (χ3n) is 5.28. The standard InChI is InChI=1S/C24H30N4O/c1-17(2)22(27(4)5)15-25-24(29)21-16-28(19-12-7-6-8-13-19)26-23(21)20-14-10-9-11-18(20)3/h6-14,16-17,22H,15H2,1-5H3,(H,25,29). The molecule has 0 aliphatic rings. The molecule has 29 heavy (non-hydrogen) atoms. The number of carbonyl (C=O) groups excluding carboxylic acids is 1. The maximum Gasteiger partial charge on any atom is 0.255 e. The number of aryl methyl sites for hydroxylation is 1. The molecule has 1 heterocycles. The zero-order valence-corrected chi connectivity index (χ0v) is 17.9. The minimum atomic E-state index is -0.0991. The topological polar surface area (TPSA) is 50.2 Å². The molecule has 0 aliphatic carbocycles. The van der Waals surface area contributed by atoms with E-state index in [4.69, 9.17) is 5.10 Å². The molecular weight excluding hydrogens is 360 g/mol. The van der Waals surface area contributed by atoms with Gasteiger partial charge in [0, 0.05) is 24.3 Å². The van der Waals surface area contributed by atoms with Crippen LogP contribution in [0.2, 0.25) is 0 Å². The highest BCUT2D eigenvalue weighted by Crippen LogP contribution is 2.26. The summed E-state index contributed by atoms with van der Waals surface area (Å²) >= 11 is 0. The molecule has 2 aromatic carbocycles. The van der Waals surface area contributed by atoms with Gasteiger partial charge in [0.05, 0.1) is 11.3 Å². The molecule has 1 aromatic heterocycles. The Labute approximate surface area is 173 Å². The van der Waals surface area contributed by atoms with Gasteiger partial charge in [0.15, 0.2) is 0 Å². The first-order valence-corrected chi connectivity index (χ1v) is 10.0. The molecule has 1 atom stereocenters. The van der Waals surface area contributed by atoms with Gasteiger partial charge in [-0.2, -0.15) is 5.10 Å². The quantitative estimate of drug-likeness (QED) is 0.659. The largest absolute Gasteiger partial charge is 0.350 e. The molecule has 0 bridgehead atoms. The fourth-order valence-electron chi connectivity index (χ4n) is 3.60. The van der Waals surface area contributed by atoms with Gasteiger partial charge in [-0.3, -0.25) is 4.79 Å². The van der Waals surface area contributed by atoms with Gasteiger partial charge in [0.2, 0.25) is 0 Å². The van der Waals surface area contributed by atoms with Crippen LogP contribution in [0.3, 0.4) is 0 Å². The number of amides is 1. The summed E-state index contributed by atoms with van der Waals surface area (Å²) < 4.78 is 1.78. The second-order valence-electron chi connectivity index (χ2n) is 7.97. The summed E-state index contributed by atoms with van der Waals surface area (Å²) in [5.74, 6) is 0.339. The van der Waals surface area contributed by atoms with Crippen LogP contribution in [0.25, 0.3) is 16.9 Å². The lowest BCUT2D eigenvalue weighted by Gasteiger charge is -2.28. The summed E-state index contributed by atoms with van der Waals surface area (Å²) in [6.07, 6.45) is 1.83. The molecule has 0 spiro atoms. The van der Waals surface area contributed by atoms with E-state index >= 15 is 0 Å². The molecule has 1 amide bonds. The third-order valence-corrected chi connectivity index (χ3v) is 5.28. The van der Waals surface area contributed by atoms with Crippen LogP contribution in [0, 0.1) is 12.8 Å². The maximum absolute atomic E-state index is 13.2. The lowest BCUT2D eigenvalue weighted by Crippen LogP contribution is -2.43. The minimum Gasteiger partial charge on any atom is -0.350 e. The van der Waals surface area contributed by atoms with Crippen LogP contribution in [0.15, 0.2) is 60.8 Å². The third kappa shape index (κ3) is 4.74. The van der Waals surface area contributed by atoms with Gasteiger partial charge in [-0.25, -0.2) is 4.68 Å². The first-order valence-electron chi connectivity index (χ1n) is 10.0. The SMILES string of the molecule is Cc1ccccc1-c1nn(-c2ccccc2)cc1C(=O)NCC(C(C)C)N(C)C. The van der Waals surface area contributed by atoms with Crippen LogP contribution < -0.4 is 5.32 Å². The van der Waals surface area contributed by atoms with Crippen LogP contribution in [0.4, 0.5) is 0 Å². The Morgan fingerprint density at radius 1 is 1.07 bits per heavy atom. The van der Waals surface area contributed by atoms with E-state index in [0.717, 1.165) is 16.8 Å². The van der Waals surface area contributed by atoms with Gasteiger partial charge in [-0.1, -0.05) is 56.3 Å². The number of para-hydroxylation sites is 1. The fraction of sp³-hybridized carbons (Fsp3) is 0.333. The first-order chi connectivity index (χ1) is 13.9. The van der Waals surface area contributed by atoms with Crippen molar-refractivity contribution in [2.24, 2.45) is 5.92 Å². The van der Waals surface area contributed by atoms with Crippen molar-refractivity contribution in [3.05, 3.63) is 71.9 Å². The number of nitrogens with zero attached hydrogens (tertiary/aromatic N) is 3. The van der Waals surface area contributed by atoms with Crippen molar-refractivity contribution in [3.63, 3.8) is 0 Å². The van der Waals surface area contributed by atoms with Crippen LogP contribution in [0.5, 0.6) is 0 Å². The van der Waals surface area contributed by atoms with Crippen molar-refractivity contribution in [1.29, 1.82) is 0 Å². The monoisotopic (exact) mass is 390 g/mol. The van der Waals surface area contributed by atoms with Crippen molar-refractivity contribution in [3.8, 4) is 16.9 Å². The number of hydrogen-bond donors (Lipinski definition) is 1. The van der Waals surface area contributed by atoms with Crippen LogP contribution >= 0.6 is 0 Å². The summed E-state index contributed by atoms with van der Waals surface area (Å²) in [4.78, 5) is 15.3. The number of likely N-dealkylation sites (N-methyl/N-ethyl adjacent to an activating group) is 1. The van der Waals surface area contributed by atoms with Crippen molar-refractivity contribution in [1.82, 2.24) is 20.0 Å². The van der Waals surface area contributed by atoms with E-state index in [9.17, 15) is 4.79 Å². The van der Waals surface area contributed by atoms with Gasteiger partial charge in [0.1, 0.15) is 5.69 Å². The molecule has 0 saturated heterocycles. The number of rotatable bonds is 7. The molecule has 1 N–H and O–H groups in total. The summed E-state index contributed by atoms with van der Waals surface area (Å²) in [7, 11) is 4.09. The molecule has 1 unspecified atom stereocenters. The molecule has 0 radical (unpaired) electrons. The van der Waals surface area contributed by atoms with E-state index in [1.54, 1.807) is 4.68 Å². The Kier molecular flexibility index (Phi) is 6.49. The predicted octanol–water partition coefficient (Wildman–Crippen LogP) is 4.16. The number of benzene rings is 2. The predicted molar refractivity (Wildman–Crippen MR) is 118 cm³/mol. The van der Waals surface area contributed by atoms with Crippen LogP contribution in [-0.4, -0.2) is 47.3 Å². The maximum atomic E-state index is 13.2. The zero-order chi connectivity index (χ0) is 21.0. The zero-order valence-electron chi connectivity index (χ0n) is 17.9. The lowest BCUT2D eigenvalue weighted by molar-refractivity contribution is 0.0935. The second-order valence-corrected chi connectivity index (χ2v) is 7.97. The van der Waals surface area contributed by atoms with E-state index in [-0.39, 0.29) is 11.9 Å². The summed E-state index contributed by atoms with van der Waals surface area (Å²) in [6, 6.07) is 18.2. The Morgan fingerprint density at radius 3 is 2.34 bits per heavy atom. The normalized spacial score (nSPS) is 12.4. The molecular formula is C24H30N4O. The van der Waals surface area contributed by atoms with Crippen LogP contribution in [-0.2, 0) is 0 Å². The summed E-state index contributed by atoms with van der Waals surface area (Å²) in [5.41, 5.74) is 4.28. The van der Waals surface area contributed by atoms with Gasteiger partial charge in [0.25, 0.3) is 5.91 Å². The highest BCUT2D eigenvalue weighted by molar-refractivity contribution is 6.00. The Morgan fingerprint density at radius 2 is 1.72 bits per heavy atom. The molecule has 5 nitrogen and oxygen atoms in total. The van der Waals surface area contributed by atoms with Crippen LogP contribution in [0.1, 0.15) is 29.8 Å². The van der Waals surface area contributed by atoms with Gasteiger partial charge >= 0.3 is 0 Å². The minimum absolute atomic E-state index is 0.0991. The highest BCUT2D eigenvalue weighted by Gasteiger charge is 2.22. The number of nitrogens with one attached hydrogen (secondary N) is 1.